The van der Waals surface area contributed by atoms with Gasteiger partial charge in [-0.05, 0) is 44.6 Å². The van der Waals surface area contributed by atoms with Crippen molar-refractivity contribution in [2.45, 2.75) is 32.1 Å². The van der Waals surface area contributed by atoms with Gasteiger partial charge in [-0.3, -0.25) is 4.79 Å². The Labute approximate surface area is 116 Å². The molecule has 0 bridgehead atoms. The average molecular weight is 272 g/mol. The first-order valence-electron chi connectivity index (χ1n) is 7.32. The van der Waals surface area contributed by atoms with Gasteiger partial charge in [-0.2, -0.15) is 0 Å². The first-order valence-corrected chi connectivity index (χ1v) is 7.32. The molecule has 0 aromatic carbocycles. The molecule has 5 nitrogen and oxygen atoms in total. The van der Waals surface area contributed by atoms with Crippen molar-refractivity contribution in [1.29, 1.82) is 0 Å². The first kappa shape index (κ1) is 16.4. The molecule has 1 aliphatic carbocycles. The van der Waals surface area contributed by atoms with E-state index in [4.69, 9.17) is 15.2 Å². The highest BCUT2D eigenvalue weighted by molar-refractivity contribution is 5.78. The fourth-order valence-corrected chi connectivity index (χ4v) is 2.43. The number of rotatable bonds is 9. The molecule has 19 heavy (non-hydrogen) atoms. The lowest BCUT2D eigenvalue weighted by Gasteiger charge is -2.26. The maximum absolute atomic E-state index is 11.9. The molecule has 0 atom stereocenters. The second-order valence-corrected chi connectivity index (χ2v) is 5.20. The van der Waals surface area contributed by atoms with E-state index in [1.807, 2.05) is 0 Å². The van der Waals surface area contributed by atoms with Crippen molar-refractivity contribution in [2.75, 3.05) is 40.0 Å². The third kappa shape index (κ3) is 6.89. The highest BCUT2D eigenvalue weighted by Gasteiger charge is 2.25. The summed E-state index contributed by atoms with van der Waals surface area (Å²) in [6.45, 7) is 3.36. The van der Waals surface area contributed by atoms with E-state index in [-0.39, 0.29) is 11.8 Å². The van der Waals surface area contributed by atoms with E-state index in [0.717, 1.165) is 38.6 Å². The molecule has 1 amide bonds. The Hall–Kier alpha value is -0.650. The van der Waals surface area contributed by atoms with Crippen LogP contribution >= 0.6 is 0 Å². The number of ether oxygens (including phenoxy) is 2. The molecule has 0 unspecified atom stereocenters. The second kappa shape index (κ2) is 10.2. The maximum atomic E-state index is 11.9. The molecule has 1 saturated carbocycles. The van der Waals surface area contributed by atoms with Crippen LogP contribution in [0.2, 0.25) is 0 Å². The Bertz CT molecular complexity index is 241. The van der Waals surface area contributed by atoms with Gasteiger partial charge in [0, 0.05) is 26.2 Å². The minimum absolute atomic E-state index is 0.192. The smallest absolute Gasteiger partial charge is 0.223 e. The zero-order chi connectivity index (χ0) is 13.9. The molecule has 1 aliphatic rings. The molecule has 1 rings (SSSR count). The first-order chi connectivity index (χ1) is 9.27. The fraction of sp³-hybridized carbons (Fsp3) is 0.929. The molecule has 0 radical (unpaired) electrons. The molecule has 0 heterocycles. The molecule has 0 aliphatic heterocycles. The number of carbonyl (C=O) groups excluding carboxylic acids is 1. The van der Waals surface area contributed by atoms with Gasteiger partial charge in [0.1, 0.15) is 0 Å². The van der Waals surface area contributed by atoms with Crippen LogP contribution in [0.5, 0.6) is 0 Å². The minimum atomic E-state index is 0.192. The summed E-state index contributed by atoms with van der Waals surface area (Å²) in [5.74, 6) is 1.02. The lowest BCUT2D eigenvalue weighted by atomic mass is 9.81. The van der Waals surface area contributed by atoms with Crippen molar-refractivity contribution in [3.63, 3.8) is 0 Å². The van der Waals surface area contributed by atoms with Crippen LogP contribution in [0.3, 0.4) is 0 Å². The van der Waals surface area contributed by atoms with Crippen LogP contribution in [0, 0.1) is 11.8 Å². The van der Waals surface area contributed by atoms with Crippen molar-refractivity contribution in [3.8, 4) is 0 Å². The number of hydrogen-bond donors (Lipinski definition) is 2. The molecule has 112 valence electrons. The van der Waals surface area contributed by atoms with Gasteiger partial charge in [0.05, 0.1) is 13.2 Å². The summed E-state index contributed by atoms with van der Waals surface area (Å²) in [6.07, 6.45) is 5.01. The van der Waals surface area contributed by atoms with Crippen LogP contribution in [-0.4, -0.2) is 45.9 Å². The highest BCUT2D eigenvalue weighted by atomic mass is 16.5. The molecule has 0 aromatic heterocycles. The van der Waals surface area contributed by atoms with Crippen molar-refractivity contribution in [3.05, 3.63) is 0 Å². The van der Waals surface area contributed by atoms with E-state index in [0.29, 0.717) is 32.3 Å². The Balaban J connectivity index is 1.99. The quantitative estimate of drug-likeness (QED) is 0.612. The zero-order valence-electron chi connectivity index (χ0n) is 12.0. The molecular weight excluding hydrogens is 244 g/mol. The molecule has 0 aromatic rings. The van der Waals surface area contributed by atoms with Gasteiger partial charge in [-0.15, -0.1) is 0 Å². The largest absolute Gasteiger partial charge is 0.382 e. The summed E-state index contributed by atoms with van der Waals surface area (Å²) < 4.78 is 10.2. The molecule has 3 N–H and O–H groups in total. The Morgan fingerprint density at radius 2 is 1.95 bits per heavy atom. The third-order valence-corrected chi connectivity index (χ3v) is 3.75. The minimum Gasteiger partial charge on any atom is -0.382 e. The van der Waals surface area contributed by atoms with Crippen molar-refractivity contribution in [2.24, 2.45) is 17.6 Å². The number of nitrogens with one attached hydrogen (secondary N) is 1. The standard InChI is InChI=1S/C14H28N2O3/c1-18-9-10-19-8-2-7-16-14(17)13-5-3-12(11-15)4-6-13/h12-13H,2-11,15H2,1H3,(H,16,17). The van der Waals surface area contributed by atoms with Crippen molar-refractivity contribution < 1.29 is 14.3 Å². The maximum Gasteiger partial charge on any atom is 0.223 e. The van der Waals surface area contributed by atoms with E-state index in [1.165, 1.54) is 0 Å². The van der Waals surface area contributed by atoms with Gasteiger partial charge in [0.15, 0.2) is 0 Å². The Kier molecular flexibility index (Phi) is 8.79. The molecule has 1 fully saturated rings. The van der Waals surface area contributed by atoms with Crippen LogP contribution in [0.4, 0.5) is 0 Å². The van der Waals surface area contributed by atoms with Gasteiger partial charge < -0.3 is 20.5 Å². The highest BCUT2D eigenvalue weighted by Crippen LogP contribution is 2.27. The van der Waals surface area contributed by atoms with Gasteiger partial charge in [0.25, 0.3) is 0 Å². The van der Waals surface area contributed by atoms with Gasteiger partial charge >= 0.3 is 0 Å². The molecule has 5 heteroatoms. The predicted molar refractivity (Wildman–Crippen MR) is 74.8 cm³/mol. The van der Waals surface area contributed by atoms with Crippen LogP contribution in [0.1, 0.15) is 32.1 Å². The summed E-state index contributed by atoms with van der Waals surface area (Å²) in [7, 11) is 1.66. The van der Waals surface area contributed by atoms with Crippen molar-refractivity contribution >= 4 is 5.91 Å². The summed E-state index contributed by atoms with van der Waals surface area (Å²) in [5, 5.41) is 2.99. The molecule has 0 saturated heterocycles. The van der Waals surface area contributed by atoms with Crippen LogP contribution in [-0.2, 0) is 14.3 Å². The van der Waals surface area contributed by atoms with Gasteiger partial charge in [-0.25, -0.2) is 0 Å². The lowest BCUT2D eigenvalue weighted by molar-refractivity contribution is -0.126. The number of hydrogen-bond acceptors (Lipinski definition) is 4. The monoisotopic (exact) mass is 272 g/mol. The van der Waals surface area contributed by atoms with E-state index >= 15 is 0 Å². The van der Waals surface area contributed by atoms with E-state index in [2.05, 4.69) is 5.32 Å². The van der Waals surface area contributed by atoms with Crippen LogP contribution in [0.25, 0.3) is 0 Å². The third-order valence-electron chi connectivity index (χ3n) is 3.75. The van der Waals surface area contributed by atoms with Gasteiger partial charge in [0.2, 0.25) is 5.91 Å². The average Bonchev–Trinajstić information content (AvgIpc) is 2.46. The number of nitrogens with two attached hydrogens (primary N) is 1. The van der Waals surface area contributed by atoms with E-state index in [9.17, 15) is 4.79 Å². The number of methoxy groups -OCH3 is 1. The predicted octanol–water partition coefficient (Wildman–Crippen LogP) is 0.921. The summed E-state index contributed by atoms with van der Waals surface area (Å²) >= 11 is 0. The summed E-state index contributed by atoms with van der Waals surface area (Å²) in [6, 6.07) is 0. The number of amides is 1. The lowest BCUT2D eigenvalue weighted by Crippen LogP contribution is -2.35. The van der Waals surface area contributed by atoms with E-state index in [1.54, 1.807) is 7.11 Å². The Morgan fingerprint density at radius 3 is 2.58 bits per heavy atom. The SMILES string of the molecule is COCCOCCCNC(=O)C1CCC(CN)CC1. The van der Waals surface area contributed by atoms with Crippen molar-refractivity contribution in [1.82, 2.24) is 5.32 Å². The second-order valence-electron chi connectivity index (χ2n) is 5.20. The fourth-order valence-electron chi connectivity index (χ4n) is 2.43. The molecular formula is C14H28N2O3. The van der Waals surface area contributed by atoms with Crippen LogP contribution in [0.15, 0.2) is 0 Å². The topological polar surface area (TPSA) is 73.6 Å². The summed E-state index contributed by atoms with van der Waals surface area (Å²) in [5.41, 5.74) is 5.65. The van der Waals surface area contributed by atoms with E-state index < -0.39 is 0 Å². The summed E-state index contributed by atoms with van der Waals surface area (Å²) in [4.78, 5) is 11.9. The van der Waals surface area contributed by atoms with Crippen LogP contribution < -0.4 is 11.1 Å². The molecule has 0 spiro atoms. The zero-order valence-corrected chi connectivity index (χ0v) is 12.0. The van der Waals surface area contributed by atoms with Gasteiger partial charge in [-0.1, -0.05) is 0 Å². The Morgan fingerprint density at radius 1 is 1.21 bits per heavy atom. The normalized spacial score (nSPS) is 23.3. The number of carbonyl (C=O) groups is 1.